The summed E-state index contributed by atoms with van der Waals surface area (Å²) in [6.07, 6.45) is 0.828. The summed E-state index contributed by atoms with van der Waals surface area (Å²) in [7, 11) is -0.290. The summed E-state index contributed by atoms with van der Waals surface area (Å²) in [6.45, 7) is 12.3. The van der Waals surface area contributed by atoms with Crippen LogP contribution in [-0.4, -0.2) is 18.3 Å². The SMILES string of the molecule is C=C(Cc1cccs1)B1OC(C)(C)C(C)(C)O1. The number of hydrogen-bond donors (Lipinski definition) is 0. The lowest BCUT2D eigenvalue weighted by atomic mass is 9.77. The van der Waals surface area contributed by atoms with Crippen molar-refractivity contribution in [3.05, 3.63) is 34.4 Å². The van der Waals surface area contributed by atoms with Crippen molar-refractivity contribution in [3.8, 4) is 0 Å². The number of thiophene rings is 1. The molecule has 92 valence electrons. The fourth-order valence-corrected chi connectivity index (χ4v) is 2.49. The van der Waals surface area contributed by atoms with Crippen molar-refractivity contribution in [1.82, 2.24) is 0 Å². The van der Waals surface area contributed by atoms with Crippen molar-refractivity contribution in [2.45, 2.75) is 45.3 Å². The third-order valence-electron chi connectivity index (χ3n) is 3.57. The third-order valence-corrected chi connectivity index (χ3v) is 4.44. The summed E-state index contributed by atoms with van der Waals surface area (Å²) in [5, 5.41) is 2.08. The van der Waals surface area contributed by atoms with Crippen LogP contribution in [0.5, 0.6) is 0 Å². The van der Waals surface area contributed by atoms with Crippen molar-refractivity contribution in [2.24, 2.45) is 0 Å². The van der Waals surface area contributed by atoms with Crippen LogP contribution in [0.3, 0.4) is 0 Å². The van der Waals surface area contributed by atoms with E-state index in [9.17, 15) is 0 Å². The Balaban J connectivity index is 2.04. The maximum absolute atomic E-state index is 5.96. The first-order valence-electron chi connectivity index (χ1n) is 5.87. The molecule has 0 atom stereocenters. The van der Waals surface area contributed by atoms with Crippen molar-refractivity contribution in [3.63, 3.8) is 0 Å². The van der Waals surface area contributed by atoms with Gasteiger partial charge >= 0.3 is 7.12 Å². The second-order valence-corrected chi connectivity index (χ2v) is 6.53. The first-order chi connectivity index (χ1) is 7.82. The molecule has 2 heterocycles. The van der Waals surface area contributed by atoms with Gasteiger partial charge in [0.1, 0.15) is 0 Å². The van der Waals surface area contributed by atoms with Gasteiger partial charge in [-0.1, -0.05) is 6.07 Å². The van der Waals surface area contributed by atoms with E-state index in [0.29, 0.717) is 0 Å². The van der Waals surface area contributed by atoms with Gasteiger partial charge in [-0.25, -0.2) is 0 Å². The summed E-state index contributed by atoms with van der Waals surface area (Å²) < 4.78 is 11.9. The molecule has 2 rings (SSSR count). The second-order valence-electron chi connectivity index (χ2n) is 5.50. The van der Waals surface area contributed by atoms with E-state index < -0.39 is 0 Å². The lowest BCUT2D eigenvalue weighted by Crippen LogP contribution is -2.41. The molecule has 1 aromatic rings. The summed E-state index contributed by atoms with van der Waals surface area (Å²) >= 11 is 1.74. The standard InChI is InChI=1S/C13H19BO2S/c1-10(9-11-7-6-8-17-11)14-15-12(2,3)13(4,5)16-14/h6-8H,1,9H2,2-5H3. The average Bonchev–Trinajstić information content (AvgIpc) is 2.74. The molecule has 1 saturated heterocycles. The summed E-state index contributed by atoms with van der Waals surface area (Å²) in [5.41, 5.74) is 0.428. The smallest absolute Gasteiger partial charge is 0.400 e. The van der Waals surface area contributed by atoms with Crippen LogP contribution < -0.4 is 0 Å². The van der Waals surface area contributed by atoms with Gasteiger partial charge in [0.05, 0.1) is 11.2 Å². The fraction of sp³-hybridized carbons (Fsp3) is 0.538. The summed E-state index contributed by atoms with van der Waals surface area (Å²) in [5.74, 6) is 0. The molecule has 1 aliphatic rings. The van der Waals surface area contributed by atoms with Gasteiger partial charge in [0.2, 0.25) is 0 Å². The van der Waals surface area contributed by atoms with Gasteiger partial charge in [-0.15, -0.1) is 17.9 Å². The zero-order valence-corrected chi connectivity index (χ0v) is 11.8. The van der Waals surface area contributed by atoms with E-state index >= 15 is 0 Å². The minimum Gasteiger partial charge on any atom is -0.400 e. The topological polar surface area (TPSA) is 18.5 Å². The van der Waals surface area contributed by atoms with Crippen LogP contribution in [0.4, 0.5) is 0 Å². The molecule has 0 radical (unpaired) electrons. The van der Waals surface area contributed by atoms with Crippen LogP contribution in [-0.2, 0) is 15.7 Å². The molecule has 4 heteroatoms. The molecule has 0 aliphatic carbocycles. The lowest BCUT2D eigenvalue weighted by Gasteiger charge is -2.32. The van der Waals surface area contributed by atoms with Crippen LogP contribution in [0, 0.1) is 0 Å². The molecule has 1 aromatic heterocycles. The van der Waals surface area contributed by atoms with Gasteiger partial charge in [0.25, 0.3) is 0 Å². The molecule has 0 N–H and O–H groups in total. The van der Waals surface area contributed by atoms with Crippen LogP contribution >= 0.6 is 11.3 Å². The highest BCUT2D eigenvalue weighted by molar-refractivity contribution is 7.10. The predicted octanol–water partition coefficient (Wildman–Crippen LogP) is 3.48. The van der Waals surface area contributed by atoms with Crippen LogP contribution in [0.1, 0.15) is 32.6 Å². The van der Waals surface area contributed by atoms with Crippen molar-refractivity contribution in [2.75, 3.05) is 0 Å². The van der Waals surface area contributed by atoms with Crippen molar-refractivity contribution >= 4 is 18.5 Å². The maximum atomic E-state index is 5.96. The molecule has 17 heavy (non-hydrogen) atoms. The van der Waals surface area contributed by atoms with E-state index in [1.807, 2.05) is 0 Å². The van der Waals surface area contributed by atoms with Gasteiger partial charge < -0.3 is 9.31 Å². The third kappa shape index (κ3) is 2.49. The molecule has 1 aliphatic heterocycles. The maximum Gasteiger partial charge on any atom is 0.490 e. The van der Waals surface area contributed by atoms with Gasteiger partial charge in [0.15, 0.2) is 0 Å². The Morgan fingerprint density at radius 1 is 1.29 bits per heavy atom. The highest BCUT2D eigenvalue weighted by atomic mass is 32.1. The Morgan fingerprint density at radius 2 is 1.88 bits per heavy atom. The van der Waals surface area contributed by atoms with Gasteiger partial charge in [0, 0.05) is 4.88 Å². The largest absolute Gasteiger partial charge is 0.490 e. The quantitative estimate of drug-likeness (QED) is 0.764. The van der Waals surface area contributed by atoms with E-state index in [0.717, 1.165) is 11.9 Å². The van der Waals surface area contributed by atoms with Crippen molar-refractivity contribution < 1.29 is 9.31 Å². The fourth-order valence-electron chi connectivity index (χ4n) is 1.73. The molecule has 0 aromatic carbocycles. The number of allylic oxidation sites excluding steroid dienone is 1. The molecular formula is C13H19BO2S. The average molecular weight is 250 g/mol. The summed E-state index contributed by atoms with van der Waals surface area (Å²) in [4.78, 5) is 1.30. The Morgan fingerprint density at radius 3 is 2.35 bits per heavy atom. The Kier molecular flexibility index (Phi) is 3.23. The second kappa shape index (κ2) is 4.27. The Bertz CT molecular complexity index is 393. The highest BCUT2D eigenvalue weighted by Crippen LogP contribution is 2.38. The van der Waals surface area contributed by atoms with E-state index in [-0.39, 0.29) is 18.3 Å². The Labute approximate surface area is 108 Å². The van der Waals surface area contributed by atoms with Crippen LogP contribution in [0.15, 0.2) is 29.6 Å². The minimum absolute atomic E-state index is 0.282. The molecule has 0 saturated carbocycles. The zero-order valence-electron chi connectivity index (χ0n) is 10.9. The summed E-state index contributed by atoms with van der Waals surface area (Å²) in [6, 6.07) is 4.17. The Hall–Kier alpha value is -0.575. The molecule has 1 fully saturated rings. The molecule has 0 spiro atoms. The molecule has 0 amide bonds. The van der Waals surface area contributed by atoms with E-state index in [1.54, 1.807) is 11.3 Å². The van der Waals surface area contributed by atoms with E-state index in [1.165, 1.54) is 4.88 Å². The van der Waals surface area contributed by atoms with Crippen LogP contribution in [0.25, 0.3) is 0 Å². The molecule has 0 bridgehead atoms. The lowest BCUT2D eigenvalue weighted by molar-refractivity contribution is 0.00578. The molecule has 0 unspecified atom stereocenters. The zero-order chi connectivity index (χ0) is 12.7. The predicted molar refractivity (Wildman–Crippen MR) is 73.2 cm³/mol. The first-order valence-corrected chi connectivity index (χ1v) is 6.75. The van der Waals surface area contributed by atoms with Gasteiger partial charge in [-0.3, -0.25) is 0 Å². The van der Waals surface area contributed by atoms with Gasteiger partial charge in [-0.2, -0.15) is 0 Å². The van der Waals surface area contributed by atoms with Gasteiger partial charge in [-0.05, 0) is 51.0 Å². The van der Waals surface area contributed by atoms with Crippen molar-refractivity contribution in [1.29, 1.82) is 0 Å². The molecule has 2 nitrogen and oxygen atoms in total. The number of rotatable bonds is 3. The monoisotopic (exact) mass is 250 g/mol. The van der Waals surface area contributed by atoms with E-state index in [4.69, 9.17) is 9.31 Å². The molecular weight excluding hydrogens is 231 g/mol. The number of hydrogen-bond acceptors (Lipinski definition) is 3. The van der Waals surface area contributed by atoms with Crippen LogP contribution in [0.2, 0.25) is 0 Å². The van der Waals surface area contributed by atoms with E-state index in [2.05, 4.69) is 51.8 Å². The first kappa shape index (κ1) is 12.9. The minimum atomic E-state index is -0.290. The highest BCUT2D eigenvalue weighted by Gasteiger charge is 2.51. The normalized spacial score (nSPS) is 21.8.